The maximum atomic E-state index is 13.3. The van der Waals surface area contributed by atoms with Gasteiger partial charge in [0, 0.05) is 7.05 Å². The quantitative estimate of drug-likeness (QED) is 0.459. The summed E-state index contributed by atoms with van der Waals surface area (Å²) in [5.74, 6) is -0.179. The van der Waals surface area contributed by atoms with Crippen LogP contribution in [0.1, 0.15) is 20.7 Å². The normalized spacial score (nSPS) is 14.2. The van der Waals surface area contributed by atoms with Crippen LogP contribution in [0.25, 0.3) is 0 Å². The summed E-state index contributed by atoms with van der Waals surface area (Å²) in [5.41, 5.74) is 2.41. The lowest BCUT2D eigenvalue weighted by molar-refractivity contribution is -0.868. The number of likely N-dealkylation sites (N-methyl/N-ethyl adjacent to an activating group) is 1. The van der Waals surface area contributed by atoms with Crippen molar-refractivity contribution in [3.05, 3.63) is 59.7 Å². The molecule has 2 aromatic rings. The van der Waals surface area contributed by atoms with E-state index >= 15 is 0 Å². The van der Waals surface area contributed by atoms with Crippen LogP contribution in [0, 0.1) is 0 Å². The van der Waals surface area contributed by atoms with E-state index in [4.69, 9.17) is 0 Å². The molecule has 0 spiro atoms. The number of quaternary nitrogens is 1. The third-order valence-corrected chi connectivity index (χ3v) is 4.47. The van der Waals surface area contributed by atoms with Crippen LogP contribution in [0.5, 0.6) is 0 Å². The highest BCUT2D eigenvalue weighted by Crippen LogP contribution is 2.31. The Labute approximate surface area is 171 Å². The molecular formula is C20H24IN3O2. The lowest BCUT2D eigenvalue weighted by Crippen LogP contribution is -3.00. The van der Waals surface area contributed by atoms with Crippen LogP contribution >= 0.6 is 0 Å². The van der Waals surface area contributed by atoms with E-state index in [0.29, 0.717) is 29.0 Å². The standard InChI is InChI=1S/C20H24N3O2.HI/c1-21-17-11-7-5-9-15(17)20(25)22(13-14-23(2,3)4)18-12-8-6-10-16(18)19(21)24;/h5-12H,13-14H2,1-4H3;1H/q+1;/p-1. The molecule has 0 saturated heterocycles. The SMILES string of the molecule is CN1C(=O)c2ccccc2N(CC[N+](C)(C)C)C(=O)c2ccccc21.[I-]. The van der Waals surface area contributed by atoms with Gasteiger partial charge in [-0.1, -0.05) is 24.3 Å². The van der Waals surface area contributed by atoms with Gasteiger partial charge in [0.1, 0.15) is 0 Å². The molecule has 26 heavy (non-hydrogen) atoms. The van der Waals surface area contributed by atoms with Crippen molar-refractivity contribution in [1.29, 1.82) is 0 Å². The monoisotopic (exact) mass is 465 g/mol. The lowest BCUT2D eigenvalue weighted by atomic mass is 10.0. The lowest BCUT2D eigenvalue weighted by Gasteiger charge is -2.33. The highest BCUT2D eigenvalue weighted by atomic mass is 127. The van der Waals surface area contributed by atoms with Gasteiger partial charge in [0.2, 0.25) is 0 Å². The molecule has 138 valence electrons. The molecule has 0 N–H and O–H groups in total. The smallest absolute Gasteiger partial charge is 0.260 e. The molecule has 5 nitrogen and oxygen atoms in total. The van der Waals surface area contributed by atoms with Crippen molar-refractivity contribution in [2.45, 2.75) is 0 Å². The zero-order chi connectivity index (χ0) is 18.2. The minimum atomic E-state index is -0.106. The van der Waals surface area contributed by atoms with Gasteiger partial charge in [-0.25, -0.2) is 0 Å². The maximum Gasteiger partial charge on any atom is 0.260 e. The van der Waals surface area contributed by atoms with Crippen LogP contribution in [0.2, 0.25) is 0 Å². The van der Waals surface area contributed by atoms with Crippen LogP contribution in [0.4, 0.5) is 11.4 Å². The van der Waals surface area contributed by atoms with Crippen molar-refractivity contribution in [1.82, 2.24) is 0 Å². The molecule has 0 atom stereocenters. The van der Waals surface area contributed by atoms with E-state index in [1.165, 1.54) is 0 Å². The van der Waals surface area contributed by atoms with Gasteiger partial charge in [-0.3, -0.25) is 9.59 Å². The average Bonchev–Trinajstić information content (AvgIpc) is 2.59. The molecule has 3 rings (SSSR count). The summed E-state index contributed by atoms with van der Waals surface area (Å²) < 4.78 is 0.738. The third-order valence-electron chi connectivity index (χ3n) is 4.47. The van der Waals surface area contributed by atoms with E-state index in [-0.39, 0.29) is 35.8 Å². The highest BCUT2D eigenvalue weighted by molar-refractivity contribution is 6.20. The second kappa shape index (κ2) is 7.75. The van der Waals surface area contributed by atoms with Crippen LogP contribution in [0.3, 0.4) is 0 Å². The number of carbonyl (C=O) groups is 2. The summed E-state index contributed by atoms with van der Waals surface area (Å²) in [6.07, 6.45) is 0. The zero-order valence-corrected chi connectivity index (χ0v) is 17.7. The van der Waals surface area contributed by atoms with Gasteiger partial charge in [0.15, 0.2) is 0 Å². The van der Waals surface area contributed by atoms with Crippen LogP contribution in [0.15, 0.2) is 48.5 Å². The molecular weight excluding hydrogens is 441 g/mol. The van der Waals surface area contributed by atoms with Crippen molar-refractivity contribution < 1.29 is 38.0 Å². The van der Waals surface area contributed by atoms with Gasteiger partial charge in [-0.15, -0.1) is 0 Å². The van der Waals surface area contributed by atoms with Crippen molar-refractivity contribution in [2.24, 2.45) is 0 Å². The fourth-order valence-corrected chi connectivity index (χ4v) is 3.00. The number of carbonyl (C=O) groups excluding carboxylic acids is 2. The Hall–Kier alpha value is -1.93. The van der Waals surface area contributed by atoms with Crippen LogP contribution in [-0.4, -0.2) is 57.6 Å². The van der Waals surface area contributed by atoms with Gasteiger partial charge in [0.25, 0.3) is 11.8 Å². The van der Waals surface area contributed by atoms with Crippen LogP contribution < -0.4 is 33.8 Å². The maximum absolute atomic E-state index is 13.3. The average molecular weight is 465 g/mol. The van der Waals surface area contributed by atoms with Gasteiger partial charge in [-0.2, -0.15) is 0 Å². The number of para-hydroxylation sites is 2. The summed E-state index contributed by atoms with van der Waals surface area (Å²) in [6, 6.07) is 14.6. The number of fused-ring (bicyclic) bond motifs is 2. The van der Waals surface area contributed by atoms with Crippen LogP contribution in [-0.2, 0) is 0 Å². The first-order valence-corrected chi connectivity index (χ1v) is 8.38. The zero-order valence-electron chi connectivity index (χ0n) is 15.6. The molecule has 0 unspecified atom stereocenters. The predicted octanol–water partition coefficient (Wildman–Crippen LogP) is -0.366. The van der Waals surface area contributed by atoms with E-state index < -0.39 is 0 Å². The second-order valence-corrected chi connectivity index (χ2v) is 7.37. The van der Waals surface area contributed by atoms with E-state index in [0.717, 1.165) is 11.0 Å². The Morgan fingerprint density at radius 3 is 1.88 bits per heavy atom. The van der Waals surface area contributed by atoms with Crippen molar-refractivity contribution in [2.75, 3.05) is 51.1 Å². The first-order chi connectivity index (χ1) is 11.8. The van der Waals surface area contributed by atoms with Crippen molar-refractivity contribution >= 4 is 23.2 Å². The van der Waals surface area contributed by atoms with Crippen molar-refractivity contribution in [3.63, 3.8) is 0 Å². The molecule has 0 fully saturated rings. The van der Waals surface area contributed by atoms with Crippen molar-refractivity contribution in [3.8, 4) is 0 Å². The number of hydrogen-bond donors (Lipinski definition) is 0. The Morgan fingerprint density at radius 1 is 0.808 bits per heavy atom. The summed E-state index contributed by atoms with van der Waals surface area (Å²) in [7, 11) is 7.99. The summed E-state index contributed by atoms with van der Waals surface area (Å²) >= 11 is 0. The molecule has 1 heterocycles. The summed E-state index contributed by atoms with van der Waals surface area (Å²) in [4.78, 5) is 29.6. The molecule has 2 aromatic carbocycles. The van der Waals surface area contributed by atoms with Gasteiger partial charge < -0.3 is 38.3 Å². The molecule has 0 aromatic heterocycles. The molecule has 6 heteroatoms. The number of hydrogen-bond acceptors (Lipinski definition) is 2. The Morgan fingerprint density at radius 2 is 1.31 bits per heavy atom. The number of rotatable bonds is 3. The van der Waals surface area contributed by atoms with E-state index in [2.05, 4.69) is 21.1 Å². The summed E-state index contributed by atoms with van der Waals surface area (Å²) in [6.45, 7) is 1.33. The molecule has 0 aliphatic carbocycles. The Bertz CT molecular complexity index is 830. The third kappa shape index (κ3) is 3.91. The molecule has 0 saturated carbocycles. The first-order valence-electron chi connectivity index (χ1n) is 8.38. The minimum absolute atomic E-state index is 0. The predicted molar refractivity (Wildman–Crippen MR) is 100 cm³/mol. The second-order valence-electron chi connectivity index (χ2n) is 7.37. The molecule has 0 radical (unpaired) electrons. The Kier molecular flexibility index (Phi) is 6.08. The fraction of sp³-hybridized carbons (Fsp3) is 0.300. The van der Waals surface area contributed by atoms with Gasteiger partial charge in [0.05, 0.1) is 56.7 Å². The fourth-order valence-electron chi connectivity index (χ4n) is 3.00. The van der Waals surface area contributed by atoms with E-state index in [1.807, 2.05) is 36.4 Å². The Balaban J connectivity index is 0.00000243. The molecule has 0 bridgehead atoms. The minimum Gasteiger partial charge on any atom is -1.00 e. The number of amides is 2. The largest absolute Gasteiger partial charge is 1.00 e. The molecule has 1 aliphatic rings. The van der Waals surface area contributed by atoms with Gasteiger partial charge in [-0.05, 0) is 24.3 Å². The summed E-state index contributed by atoms with van der Waals surface area (Å²) in [5, 5.41) is 0. The van der Waals surface area contributed by atoms with Gasteiger partial charge >= 0.3 is 0 Å². The highest BCUT2D eigenvalue weighted by Gasteiger charge is 2.31. The first kappa shape index (κ1) is 20.4. The van der Waals surface area contributed by atoms with E-state index in [1.54, 1.807) is 29.0 Å². The molecule has 2 amide bonds. The number of anilines is 2. The number of benzene rings is 2. The number of halogens is 1. The molecule has 1 aliphatic heterocycles. The number of nitrogens with zero attached hydrogens (tertiary/aromatic N) is 3. The topological polar surface area (TPSA) is 40.6 Å². The van der Waals surface area contributed by atoms with E-state index in [9.17, 15) is 9.59 Å².